The molecule has 0 saturated heterocycles. The topological polar surface area (TPSA) is 66.8 Å². The van der Waals surface area contributed by atoms with Crippen LogP contribution in [0.5, 0.6) is 0 Å². The molecule has 0 aliphatic rings. The number of hydrogen-bond donors (Lipinski definition) is 1. The molecule has 1 amide bonds. The van der Waals surface area contributed by atoms with Crippen LogP contribution in [0.25, 0.3) is 0 Å². The van der Waals surface area contributed by atoms with Crippen LogP contribution in [0, 0.1) is 0 Å². The van der Waals surface area contributed by atoms with Crippen molar-refractivity contribution < 1.29 is 19.4 Å². The molecule has 0 aliphatic heterocycles. The Bertz CT molecular complexity index is 479. The molecule has 1 N–H and O–H groups in total. The van der Waals surface area contributed by atoms with Crippen LogP contribution < -0.4 is 0 Å². The second-order valence-electron chi connectivity index (χ2n) is 6.03. The van der Waals surface area contributed by atoms with E-state index in [1.807, 2.05) is 30.3 Å². The summed E-state index contributed by atoms with van der Waals surface area (Å²) in [5, 5.41) is 9.05. The van der Waals surface area contributed by atoms with Gasteiger partial charge in [0.1, 0.15) is 5.60 Å². The Hall–Kier alpha value is -2.04. The van der Waals surface area contributed by atoms with E-state index in [1.54, 1.807) is 27.8 Å². The van der Waals surface area contributed by atoms with E-state index in [9.17, 15) is 9.59 Å². The van der Waals surface area contributed by atoms with Gasteiger partial charge in [-0.15, -0.1) is 0 Å². The maximum absolute atomic E-state index is 12.1. The summed E-state index contributed by atoms with van der Waals surface area (Å²) in [6, 6.07) is 9.06. The predicted molar refractivity (Wildman–Crippen MR) is 80.2 cm³/mol. The highest BCUT2D eigenvalue weighted by Gasteiger charge is 2.27. The van der Waals surface area contributed by atoms with Gasteiger partial charge >= 0.3 is 12.1 Å². The number of aliphatic carboxylic acids is 1. The minimum Gasteiger partial charge on any atom is -0.481 e. The number of carboxylic acids is 1. The van der Waals surface area contributed by atoms with Gasteiger partial charge in [0.05, 0.1) is 6.42 Å². The van der Waals surface area contributed by atoms with Crippen LogP contribution in [0.15, 0.2) is 30.3 Å². The Kier molecular flexibility index (Phi) is 5.76. The van der Waals surface area contributed by atoms with Gasteiger partial charge in [0.15, 0.2) is 0 Å². The lowest BCUT2D eigenvalue weighted by Gasteiger charge is -2.30. The first-order chi connectivity index (χ1) is 9.69. The van der Waals surface area contributed by atoms with E-state index in [2.05, 4.69) is 0 Å². The minimum atomic E-state index is -0.939. The van der Waals surface area contributed by atoms with Crippen molar-refractivity contribution in [3.8, 4) is 0 Å². The number of carboxylic acid groups (broad SMARTS) is 1. The fraction of sp³-hybridized carbons (Fsp3) is 0.500. The van der Waals surface area contributed by atoms with Crippen molar-refractivity contribution in [2.24, 2.45) is 0 Å². The Morgan fingerprint density at radius 1 is 1.24 bits per heavy atom. The second-order valence-corrected chi connectivity index (χ2v) is 6.03. The molecule has 0 aliphatic carbocycles. The van der Waals surface area contributed by atoms with Gasteiger partial charge in [-0.25, -0.2) is 4.79 Å². The molecule has 116 valence electrons. The zero-order valence-corrected chi connectivity index (χ0v) is 13.0. The first kappa shape index (κ1) is 17.0. The van der Waals surface area contributed by atoms with Crippen molar-refractivity contribution in [3.05, 3.63) is 35.9 Å². The lowest BCUT2D eigenvalue weighted by atomic mass is 10.0. The molecule has 5 nitrogen and oxygen atoms in total. The number of ether oxygens (including phenoxy) is 1. The van der Waals surface area contributed by atoms with E-state index in [4.69, 9.17) is 9.84 Å². The van der Waals surface area contributed by atoms with Crippen LogP contribution in [0.1, 0.15) is 32.8 Å². The summed E-state index contributed by atoms with van der Waals surface area (Å²) in [4.78, 5) is 24.5. The molecule has 0 aromatic heterocycles. The highest BCUT2D eigenvalue weighted by atomic mass is 16.6. The van der Waals surface area contributed by atoms with Gasteiger partial charge < -0.3 is 14.7 Å². The Morgan fingerprint density at radius 3 is 2.29 bits per heavy atom. The summed E-state index contributed by atoms with van der Waals surface area (Å²) in [6.07, 6.45) is -0.155. The predicted octanol–water partition coefficient (Wildman–Crippen LogP) is 2.94. The van der Waals surface area contributed by atoms with Gasteiger partial charge in [-0.1, -0.05) is 30.3 Å². The second kappa shape index (κ2) is 7.11. The van der Waals surface area contributed by atoms with E-state index < -0.39 is 23.7 Å². The zero-order chi connectivity index (χ0) is 16.0. The first-order valence-corrected chi connectivity index (χ1v) is 6.90. The Balaban J connectivity index is 2.81. The van der Waals surface area contributed by atoms with Crippen LogP contribution in [-0.4, -0.2) is 40.8 Å². The number of nitrogens with zero attached hydrogens (tertiary/aromatic N) is 1. The molecule has 1 atom stereocenters. The number of rotatable bonds is 5. The molecule has 0 saturated carbocycles. The number of likely N-dealkylation sites (N-methyl/N-ethyl adjacent to an activating group) is 1. The van der Waals surface area contributed by atoms with Gasteiger partial charge in [-0.2, -0.15) is 0 Å². The molecule has 1 aromatic carbocycles. The fourth-order valence-electron chi connectivity index (χ4n) is 1.92. The standard InChI is InChI=1S/C16H23NO4/c1-16(2,3)21-15(20)17(4)13(11-14(18)19)10-12-8-6-5-7-9-12/h5-9,13H,10-11H2,1-4H3,(H,18,19)/t13-/m1/s1. The smallest absolute Gasteiger partial charge is 0.410 e. The zero-order valence-electron chi connectivity index (χ0n) is 13.0. The highest BCUT2D eigenvalue weighted by molar-refractivity contribution is 5.71. The minimum absolute atomic E-state index is 0.120. The van der Waals surface area contributed by atoms with Crippen molar-refractivity contribution in [1.29, 1.82) is 0 Å². The van der Waals surface area contributed by atoms with Crippen LogP contribution in [0.2, 0.25) is 0 Å². The Morgan fingerprint density at radius 2 is 1.81 bits per heavy atom. The van der Waals surface area contributed by atoms with Gasteiger partial charge in [0.2, 0.25) is 0 Å². The molecule has 0 unspecified atom stereocenters. The van der Waals surface area contributed by atoms with Gasteiger partial charge in [-0.3, -0.25) is 4.79 Å². The van der Waals surface area contributed by atoms with Crippen molar-refractivity contribution in [1.82, 2.24) is 4.90 Å². The van der Waals surface area contributed by atoms with Crippen LogP contribution in [0.4, 0.5) is 4.79 Å². The van der Waals surface area contributed by atoms with Crippen molar-refractivity contribution in [2.45, 2.75) is 45.3 Å². The third-order valence-electron chi connectivity index (χ3n) is 2.95. The monoisotopic (exact) mass is 293 g/mol. The molecule has 0 bridgehead atoms. The van der Waals surface area contributed by atoms with E-state index in [-0.39, 0.29) is 6.42 Å². The van der Waals surface area contributed by atoms with Gasteiger partial charge in [-0.05, 0) is 32.8 Å². The molecule has 1 aromatic rings. The van der Waals surface area contributed by atoms with Crippen LogP contribution in [0.3, 0.4) is 0 Å². The summed E-state index contributed by atoms with van der Waals surface area (Å²) in [5.74, 6) is -0.939. The normalized spacial score (nSPS) is 12.6. The van der Waals surface area contributed by atoms with Gasteiger partial charge in [0, 0.05) is 13.1 Å². The van der Waals surface area contributed by atoms with Crippen LogP contribution >= 0.6 is 0 Å². The summed E-state index contributed by atoms with van der Waals surface area (Å²) in [5.41, 5.74) is 0.380. The van der Waals surface area contributed by atoms with Crippen molar-refractivity contribution in [2.75, 3.05) is 7.05 Å². The molecule has 0 radical (unpaired) electrons. The number of amides is 1. The van der Waals surface area contributed by atoms with E-state index in [0.717, 1.165) is 5.56 Å². The molecular weight excluding hydrogens is 270 g/mol. The maximum atomic E-state index is 12.1. The van der Waals surface area contributed by atoms with E-state index in [0.29, 0.717) is 6.42 Å². The first-order valence-electron chi connectivity index (χ1n) is 6.90. The third-order valence-corrected chi connectivity index (χ3v) is 2.95. The summed E-state index contributed by atoms with van der Waals surface area (Å²) in [6.45, 7) is 5.34. The molecule has 0 heterocycles. The molecule has 0 spiro atoms. The lowest BCUT2D eigenvalue weighted by Crippen LogP contribution is -2.42. The quantitative estimate of drug-likeness (QED) is 0.906. The Labute approximate surface area is 125 Å². The van der Waals surface area contributed by atoms with E-state index in [1.165, 1.54) is 4.90 Å². The third kappa shape index (κ3) is 6.29. The highest BCUT2D eigenvalue weighted by Crippen LogP contribution is 2.15. The molecular formula is C16H23NO4. The molecule has 5 heteroatoms. The van der Waals surface area contributed by atoms with Gasteiger partial charge in [0.25, 0.3) is 0 Å². The lowest BCUT2D eigenvalue weighted by molar-refractivity contribution is -0.138. The summed E-state index contributed by atoms with van der Waals surface area (Å²) < 4.78 is 5.29. The molecule has 21 heavy (non-hydrogen) atoms. The molecule has 1 rings (SSSR count). The number of hydrogen-bond acceptors (Lipinski definition) is 3. The molecule has 0 fully saturated rings. The largest absolute Gasteiger partial charge is 0.481 e. The summed E-state index contributed by atoms with van der Waals surface area (Å²) >= 11 is 0. The van der Waals surface area contributed by atoms with E-state index >= 15 is 0 Å². The number of carbonyl (C=O) groups excluding carboxylic acids is 1. The number of carbonyl (C=O) groups is 2. The maximum Gasteiger partial charge on any atom is 0.410 e. The fourth-order valence-corrected chi connectivity index (χ4v) is 1.92. The SMILES string of the molecule is CN(C(=O)OC(C)(C)C)[C@@H](CC(=O)O)Cc1ccccc1. The average molecular weight is 293 g/mol. The average Bonchev–Trinajstić information content (AvgIpc) is 2.35. The number of benzene rings is 1. The van der Waals surface area contributed by atoms with Crippen molar-refractivity contribution in [3.63, 3.8) is 0 Å². The van der Waals surface area contributed by atoms with Crippen molar-refractivity contribution >= 4 is 12.1 Å². The summed E-state index contributed by atoms with van der Waals surface area (Å²) in [7, 11) is 1.57. The van der Waals surface area contributed by atoms with Crippen LogP contribution in [-0.2, 0) is 16.0 Å².